The minimum absolute atomic E-state index is 0.0128. The van der Waals surface area contributed by atoms with Gasteiger partial charge in [-0.1, -0.05) is 84.9 Å². The third-order valence-corrected chi connectivity index (χ3v) is 6.79. The van der Waals surface area contributed by atoms with E-state index < -0.39 is 0 Å². The molecule has 1 saturated heterocycles. The van der Waals surface area contributed by atoms with Crippen LogP contribution >= 0.6 is 11.8 Å². The summed E-state index contributed by atoms with van der Waals surface area (Å²) in [5, 5.41) is 1.85. The lowest BCUT2D eigenvalue weighted by Gasteiger charge is -2.15. The van der Waals surface area contributed by atoms with Gasteiger partial charge in [0, 0.05) is 29.2 Å². The van der Waals surface area contributed by atoms with E-state index in [9.17, 15) is 4.79 Å². The van der Waals surface area contributed by atoms with Crippen molar-refractivity contribution in [1.29, 1.82) is 0 Å². The quantitative estimate of drug-likeness (QED) is 0.232. The van der Waals surface area contributed by atoms with Crippen LogP contribution in [0.3, 0.4) is 0 Å². The van der Waals surface area contributed by atoms with Crippen LogP contribution in [-0.4, -0.2) is 20.5 Å². The van der Waals surface area contributed by atoms with Crippen molar-refractivity contribution in [2.24, 2.45) is 4.99 Å². The molecule has 0 aliphatic carbocycles. The van der Waals surface area contributed by atoms with Gasteiger partial charge in [-0.2, -0.15) is 0 Å². The summed E-state index contributed by atoms with van der Waals surface area (Å²) >= 11 is 1.45. The molecule has 1 aliphatic heterocycles. The number of nitrogens with zero attached hydrogens (tertiary/aromatic N) is 3. The summed E-state index contributed by atoms with van der Waals surface area (Å²) in [6.07, 6.45) is 5.97. The highest BCUT2D eigenvalue weighted by Crippen LogP contribution is 2.35. The van der Waals surface area contributed by atoms with Gasteiger partial charge in [0.25, 0.3) is 5.91 Å². The zero-order chi connectivity index (χ0) is 23.3. The van der Waals surface area contributed by atoms with Crippen LogP contribution in [0.1, 0.15) is 16.7 Å². The SMILES string of the molecule is C=CCn1cc(/C=C2\SC(=NCc3ccccc3)N(Cc3ccccc3)C2=O)c2ccccc21. The fraction of sp³-hybridized carbons (Fsp3) is 0.103. The fourth-order valence-corrected chi connectivity index (χ4v) is 5.06. The predicted octanol–water partition coefficient (Wildman–Crippen LogP) is 6.50. The van der Waals surface area contributed by atoms with E-state index in [1.165, 1.54) is 11.8 Å². The second kappa shape index (κ2) is 9.98. The summed E-state index contributed by atoms with van der Waals surface area (Å²) in [7, 11) is 0. The molecule has 0 atom stereocenters. The van der Waals surface area contributed by atoms with Crippen LogP contribution in [0.15, 0.2) is 114 Å². The van der Waals surface area contributed by atoms with Gasteiger partial charge in [-0.3, -0.25) is 14.7 Å². The van der Waals surface area contributed by atoms with E-state index in [1.54, 1.807) is 4.90 Å². The first kappa shape index (κ1) is 22.0. The number of hydrogen-bond donors (Lipinski definition) is 0. The molecule has 0 saturated carbocycles. The molecular weight excluding hydrogens is 438 g/mol. The highest BCUT2D eigenvalue weighted by molar-refractivity contribution is 8.18. The number of allylic oxidation sites excluding steroid dienone is 1. The Bertz CT molecular complexity index is 1390. The number of aliphatic imine (C=N–C) groups is 1. The van der Waals surface area contributed by atoms with Crippen molar-refractivity contribution in [3.63, 3.8) is 0 Å². The molecule has 0 N–H and O–H groups in total. The highest BCUT2D eigenvalue weighted by atomic mass is 32.2. The fourth-order valence-electron chi connectivity index (χ4n) is 4.10. The van der Waals surface area contributed by atoms with Crippen molar-refractivity contribution in [2.45, 2.75) is 19.6 Å². The number of benzene rings is 3. The molecule has 2 heterocycles. The third-order valence-electron chi connectivity index (χ3n) is 5.74. The van der Waals surface area contributed by atoms with Crippen LogP contribution in [-0.2, 0) is 24.4 Å². The van der Waals surface area contributed by atoms with Crippen LogP contribution in [0, 0.1) is 0 Å². The maximum atomic E-state index is 13.5. The van der Waals surface area contributed by atoms with Gasteiger partial charge in [0.05, 0.1) is 18.0 Å². The molecule has 4 aromatic rings. The molecular formula is C29H25N3OS. The van der Waals surface area contributed by atoms with E-state index in [0.717, 1.165) is 32.8 Å². The van der Waals surface area contributed by atoms with E-state index in [1.807, 2.05) is 72.8 Å². The van der Waals surface area contributed by atoms with E-state index in [2.05, 4.69) is 41.6 Å². The van der Waals surface area contributed by atoms with Crippen molar-refractivity contribution in [3.05, 3.63) is 125 Å². The van der Waals surface area contributed by atoms with Crippen LogP contribution in [0.4, 0.5) is 0 Å². The number of fused-ring (bicyclic) bond motifs is 1. The summed E-state index contributed by atoms with van der Waals surface area (Å²) in [5.41, 5.74) is 4.35. The number of rotatable bonds is 7. The second-order valence-corrected chi connectivity index (χ2v) is 9.12. The number of thioether (sulfide) groups is 1. The molecule has 0 bridgehead atoms. The summed E-state index contributed by atoms with van der Waals surface area (Å²) < 4.78 is 2.16. The largest absolute Gasteiger partial charge is 0.343 e. The molecule has 0 radical (unpaired) electrons. The molecule has 3 aromatic carbocycles. The summed E-state index contributed by atoms with van der Waals surface area (Å²) in [4.78, 5) is 20.8. The predicted molar refractivity (Wildman–Crippen MR) is 142 cm³/mol. The van der Waals surface area contributed by atoms with Gasteiger partial charge in [-0.15, -0.1) is 6.58 Å². The minimum Gasteiger partial charge on any atom is -0.343 e. The van der Waals surface area contributed by atoms with E-state index in [-0.39, 0.29) is 5.91 Å². The molecule has 0 spiro atoms. The molecule has 5 heteroatoms. The van der Waals surface area contributed by atoms with Crippen molar-refractivity contribution in [3.8, 4) is 0 Å². The van der Waals surface area contributed by atoms with Crippen LogP contribution in [0.25, 0.3) is 17.0 Å². The van der Waals surface area contributed by atoms with E-state index >= 15 is 0 Å². The molecule has 1 fully saturated rings. The Kier molecular flexibility index (Phi) is 6.45. The number of hydrogen-bond acceptors (Lipinski definition) is 3. The van der Waals surface area contributed by atoms with E-state index in [0.29, 0.717) is 24.5 Å². The zero-order valence-electron chi connectivity index (χ0n) is 18.8. The first-order valence-corrected chi connectivity index (χ1v) is 12.1. The number of para-hydroxylation sites is 1. The normalized spacial score (nSPS) is 16.1. The number of aromatic nitrogens is 1. The van der Waals surface area contributed by atoms with Gasteiger partial charge in [-0.25, -0.2) is 0 Å². The third kappa shape index (κ3) is 4.61. The lowest BCUT2D eigenvalue weighted by molar-refractivity contribution is -0.122. The first-order valence-electron chi connectivity index (χ1n) is 11.3. The number of amidine groups is 1. The number of carbonyl (C=O) groups excluding carboxylic acids is 1. The van der Waals surface area contributed by atoms with Crippen molar-refractivity contribution in [2.75, 3.05) is 0 Å². The van der Waals surface area contributed by atoms with Crippen molar-refractivity contribution < 1.29 is 4.79 Å². The van der Waals surface area contributed by atoms with Crippen LogP contribution in [0.2, 0.25) is 0 Å². The molecule has 168 valence electrons. The molecule has 1 aromatic heterocycles. The molecule has 34 heavy (non-hydrogen) atoms. The average Bonchev–Trinajstić information content (AvgIpc) is 3.37. The van der Waals surface area contributed by atoms with Crippen molar-refractivity contribution in [1.82, 2.24) is 9.47 Å². The monoisotopic (exact) mass is 463 g/mol. The van der Waals surface area contributed by atoms with Gasteiger partial charge < -0.3 is 4.57 Å². The zero-order valence-corrected chi connectivity index (χ0v) is 19.6. The molecule has 5 rings (SSSR count). The van der Waals surface area contributed by atoms with Gasteiger partial charge in [0.2, 0.25) is 0 Å². The molecule has 4 nitrogen and oxygen atoms in total. The smallest absolute Gasteiger partial charge is 0.267 e. The van der Waals surface area contributed by atoms with Crippen molar-refractivity contribution >= 4 is 39.8 Å². The Balaban J connectivity index is 1.51. The Morgan fingerprint density at radius 2 is 1.56 bits per heavy atom. The Hall–Kier alpha value is -3.83. The standard InChI is InChI=1S/C29H25N3OS/c1-2-17-31-21-24(25-15-9-10-16-26(25)31)18-27-28(33)32(20-23-13-7-4-8-14-23)29(34-27)30-19-22-11-5-3-6-12-22/h2-16,18,21H,1,17,19-20H2/b27-18-,30-29?. The van der Waals surface area contributed by atoms with Gasteiger partial charge in [0.15, 0.2) is 5.17 Å². The number of amides is 1. The topological polar surface area (TPSA) is 37.6 Å². The molecule has 1 aliphatic rings. The lowest BCUT2D eigenvalue weighted by atomic mass is 10.1. The van der Waals surface area contributed by atoms with Gasteiger partial charge >= 0.3 is 0 Å². The maximum absolute atomic E-state index is 13.5. The van der Waals surface area contributed by atoms with Gasteiger partial charge in [-0.05, 0) is 35.0 Å². The Morgan fingerprint density at radius 3 is 2.29 bits per heavy atom. The van der Waals surface area contributed by atoms with E-state index in [4.69, 9.17) is 4.99 Å². The number of carbonyl (C=O) groups is 1. The van der Waals surface area contributed by atoms with Crippen LogP contribution < -0.4 is 0 Å². The lowest BCUT2D eigenvalue weighted by Crippen LogP contribution is -2.28. The summed E-state index contributed by atoms with van der Waals surface area (Å²) in [5.74, 6) is -0.0128. The highest BCUT2D eigenvalue weighted by Gasteiger charge is 2.33. The molecule has 1 amide bonds. The van der Waals surface area contributed by atoms with Gasteiger partial charge in [0.1, 0.15) is 0 Å². The van der Waals surface area contributed by atoms with Crippen LogP contribution in [0.5, 0.6) is 0 Å². The second-order valence-electron chi connectivity index (χ2n) is 8.11. The molecule has 0 unspecified atom stereocenters. The average molecular weight is 464 g/mol. The first-order chi connectivity index (χ1) is 16.7. The summed E-state index contributed by atoms with van der Waals surface area (Å²) in [6, 6.07) is 28.4. The summed E-state index contributed by atoms with van der Waals surface area (Å²) in [6.45, 7) is 5.62. The Labute approximate surface area is 203 Å². The Morgan fingerprint density at radius 1 is 0.882 bits per heavy atom. The minimum atomic E-state index is -0.0128. The maximum Gasteiger partial charge on any atom is 0.267 e.